The normalized spacial score (nSPS) is 30.3. The van der Waals surface area contributed by atoms with Crippen LogP contribution in [0.15, 0.2) is 24.3 Å². The zero-order chi connectivity index (χ0) is 12.5. The van der Waals surface area contributed by atoms with E-state index in [1.165, 1.54) is 11.1 Å². The molecule has 1 saturated heterocycles. The third kappa shape index (κ3) is 2.03. The van der Waals surface area contributed by atoms with Crippen molar-refractivity contribution >= 4 is 5.91 Å². The highest BCUT2D eigenvalue weighted by molar-refractivity contribution is 5.77. The minimum atomic E-state index is -0.139. The van der Waals surface area contributed by atoms with Crippen LogP contribution < -0.4 is 11.1 Å². The fourth-order valence-corrected chi connectivity index (χ4v) is 3.42. The van der Waals surface area contributed by atoms with Crippen molar-refractivity contribution < 1.29 is 4.79 Å². The molecule has 1 aliphatic carbocycles. The van der Waals surface area contributed by atoms with Crippen molar-refractivity contribution in [3.05, 3.63) is 35.4 Å². The standard InChI is InChI=1S/C15H20N2O/c16-15(18)13-6-3-7-17-14(13)9-11-8-10-4-1-2-5-12(10)11/h1-2,4-5,11,13-14,17H,3,6-9H2,(H2,16,18). The van der Waals surface area contributed by atoms with E-state index < -0.39 is 0 Å². The highest BCUT2D eigenvalue weighted by Crippen LogP contribution is 2.39. The molecule has 3 heteroatoms. The van der Waals surface area contributed by atoms with Gasteiger partial charge in [0.15, 0.2) is 0 Å². The summed E-state index contributed by atoms with van der Waals surface area (Å²) in [5, 5.41) is 3.48. The Morgan fingerprint density at radius 1 is 1.39 bits per heavy atom. The van der Waals surface area contributed by atoms with Gasteiger partial charge in [0.2, 0.25) is 5.91 Å². The van der Waals surface area contributed by atoms with Crippen LogP contribution in [0.25, 0.3) is 0 Å². The first-order chi connectivity index (χ1) is 8.75. The van der Waals surface area contributed by atoms with Crippen molar-refractivity contribution in [1.82, 2.24) is 5.32 Å². The van der Waals surface area contributed by atoms with Gasteiger partial charge in [-0.3, -0.25) is 4.79 Å². The molecule has 0 radical (unpaired) electrons. The van der Waals surface area contributed by atoms with Gasteiger partial charge in [-0.15, -0.1) is 0 Å². The molecule has 1 aromatic carbocycles. The van der Waals surface area contributed by atoms with E-state index in [2.05, 4.69) is 29.6 Å². The molecule has 3 unspecified atom stereocenters. The first-order valence-corrected chi connectivity index (χ1v) is 6.86. The maximum atomic E-state index is 11.5. The minimum Gasteiger partial charge on any atom is -0.369 e. The molecule has 2 aliphatic rings. The molecule has 3 N–H and O–H groups in total. The molecule has 3 nitrogen and oxygen atoms in total. The van der Waals surface area contributed by atoms with Crippen LogP contribution >= 0.6 is 0 Å². The predicted molar refractivity (Wildman–Crippen MR) is 71.2 cm³/mol. The number of benzene rings is 1. The molecule has 0 bridgehead atoms. The van der Waals surface area contributed by atoms with Gasteiger partial charge < -0.3 is 11.1 Å². The van der Waals surface area contributed by atoms with Gasteiger partial charge in [-0.2, -0.15) is 0 Å². The van der Waals surface area contributed by atoms with Gasteiger partial charge in [-0.05, 0) is 49.3 Å². The Hall–Kier alpha value is -1.35. The van der Waals surface area contributed by atoms with Crippen LogP contribution in [0.4, 0.5) is 0 Å². The second-order valence-corrected chi connectivity index (χ2v) is 5.55. The predicted octanol–water partition coefficient (Wildman–Crippen LogP) is 1.57. The number of nitrogens with one attached hydrogen (secondary N) is 1. The Labute approximate surface area is 108 Å². The smallest absolute Gasteiger partial charge is 0.222 e. The van der Waals surface area contributed by atoms with Crippen LogP contribution in [0.5, 0.6) is 0 Å². The molecule has 1 amide bonds. The number of hydrogen-bond donors (Lipinski definition) is 2. The zero-order valence-electron chi connectivity index (χ0n) is 10.6. The molecule has 3 rings (SSSR count). The van der Waals surface area contributed by atoms with E-state index in [-0.39, 0.29) is 17.9 Å². The number of nitrogens with two attached hydrogens (primary N) is 1. The third-order valence-corrected chi connectivity index (χ3v) is 4.45. The molecule has 96 valence electrons. The van der Waals surface area contributed by atoms with E-state index in [0.29, 0.717) is 5.92 Å². The van der Waals surface area contributed by atoms with Crippen LogP contribution in [0, 0.1) is 5.92 Å². The first-order valence-electron chi connectivity index (χ1n) is 6.86. The van der Waals surface area contributed by atoms with Crippen LogP contribution in [-0.2, 0) is 11.2 Å². The molecule has 0 saturated carbocycles. The number of fused-ring (bicyclic) bond motifs is 1. The number of piperidine rings is 1. The largest absolute Gasteiger partial charge is 0.369 e. The molecule has 3 atom stereocenters. The Morgan fingerprint density at radius 2 is 2.22 bits per heavy atom. The van der Waals surface area contributed by atoms with Crippen molar-refractivity contribution in [3.63, 3.8) is 0 Å². The highest BCUT2D eigenvalue weighted by Gasteiger charge is 2.34. The van der Waals surface area contributed by atoms with Crippen molar-refractivity contribution in [2.24, 2.45) is 11.7 Å². The maximum Gasteiger partial charge on any atom is 0.222 e. The topological polar surface area (TPSA) is 55.1 Å². The Balaban J connectivity index is 1.68. The molecule has 0 aromatic heterocycles. The van der Waals surface area contributed by atoms with Crippen LogP contribution in [0.1, 0.15) is 36.3 Å². The maximum absolute atomic E-state index is 11.5. The lowest BCUT2D eigenvalue weighted by Gasteiger charge is -2.37. The summed E-state index contributed by atoms with van der Waals surface area (Å²) in [7, 11) is 0. The summed E-state index contributed by atoms with van der Waals surface area (Å²) in [6.07, 6.45) is 4.21. The second kappa shape index (κ2) is 4.73. The van der Waals surface area contributed by atoms with Gasteiger partial charge in [0, 0.05) is 6.04 Å². The second-order valence-electron chi connectivity index (χ2n) is 5.55. The molecule has 1 fully saturated rings. The molecule has 1 aromatic rings. The van der Waals surface area contributed by atoms with Crippen LogP contribution in [-0.4, -0.2) is 18.5 Å². The molecule has 0 spiro atoms. The minimum absolute atomic E-state index is 0.0199. The first kappa shape index (κ1) is 11.7. The van der Waals surface area contributed by atoms with Crippen LogP contribution in [0.3, 0.4) is 0 Å². The average Bonchev–Trinajstić information content (AvgIpc) is 2.36. The molecule has 18 heavy (non-hydrogen) atoms. The summed E-state index contributed by atoms with van der Waals surface area (Å²) in [5.41, 5.74) is 8.44. The fourth-order valence-electron chi connectivity index (χ4n) is 3.42. The van der Waals surface area contributed by atoms with Gasteiger partial charge in [-0.25, -0.2) is 0 Å². The summed E-state index contributed by atoms with van der Waals surface area (Å²) < 4.78 is 0. The lowest BCUT2D eigenvalue weighted by atomic mass is 9.72. The Morgan fingerprint density at radius 3 is 3.00 bits per heavy atom. The third-order valence-electron chi connectivity index (χ3n) is 4.45. The van der Waals surface area contributed by atoms with E-state index in [0.717, 1.165) is 32.2 Å². The lowest BCUT2D eigenvalue weighted by molar-refractivity contribution is -0.123. The van der Waals surface area contributed by atoms with Crippen LogP contribution in [0.2, 0.25) is 0 Å². The van der Waals surface area contributed by atoms with E-state index in [1.54, 1.807) is 0 Å². The summed E-state index contributed by atoms with van der Waals surface area (Å²) in [6.45, 7) is 1.02. The van der Waals surface area contributed by atoms with Gasteiger partial charge in [-0.1, -0.05) is 24.3 Å². The number of primary amides is 1. The van der Waals surface area contributed by atoms with Crippen molar-refractivity contribution in [1.29, 1.82) is 0 Å². The lowest BCUT2D eigenvalue weighted by Crippen LogP contribution is -2.48. The monoisotopic (exact) mass is 244 g/mol. The zero-order valence-corrected chi connectivity index (χ0v) is 10.6. The summed E-state index contributed by atoms with van der Waals surface area (Å²) in [4.78, 5) is 11.5. The Bertz CT molecular complexity index is 458. The van der Waals surface area contributed by atoms with E-state index in [1.807, 2.05) is 0 Å². The summed E-state index contributed by atoms with van der Waals surface area (Å²) in [6, 6.07) is 8.89. The average molecular weight is 244 g/mol. The summed E-state index contributed by atoms with van der Waals surface area (Å²) >= 11 is 0. The molecular weight excluding hydrogens is 224 g/mol. The molecular formula is C15H20N2O. The number of carbonyl (C=O) groups excluding carboxylic acids is 1. The van der Waals surface area contributed by atoms with Crippen molar-refractivity contribution in [3.8, 4) is 0 Å². The summed E-state index contributed by atoms with van der Waals surface area (Å²) in [5.74, 6) is 0.491. The quantitative estimate of drug-likeness (QED) is 0.848. The van der Waals surface area contributed by atoms with E-state index in [4.69, 9.17) is 5.73 Å². The number of carbonyl (C=O) groups is 1. The van der Waals surface area contributed by atoms with E-state index >= 15 is 0 Å². The van der Waals surface area contributed by atoms with Crippen molar-refractivity contribution in [2.45, 2.75) is 37.6 Å². The van der Waals surface area contributed by atoms with Gasteiger partial charge >= 0.3 is 0 Å². The number of hydrogen-bond acceptors (Lipinski definition) is 2. The SMILES string of the molecule is NC(=O)C1CCCNC1CC1Cc2ccccc21. The number of rotatable bonds is 3. The Kier molecular flexibility index (Phi) is 3.08. The van der Waals surface area contributed by atoms with Gasteiger partial charge in [0.25, 0.3) is 0 Å². The molecule has 1 aliphatic heterocycles. The fraction of sp³-hybridized carbons (Fsp3) is 0.533. The van der Waals surface area contributed by atoms with Crippen molar-refractivity contribution in [2.75, 3.05) is 6.54 Å². The van der Waals surface area contributed by atoms with E-state index in [9.17, 15) is 4.79 Å². The number of amides is 1. The van der Waals surface area contributed by atoms with Gasteiger partial charge in [0.05, 0.1) is 5.92 Å². The molecule has 1 heterocycles. The highest BCUT2D eigenvalue weighted by atomic mass is 16.1. The van der Waals surface area contributed by atoms with Gasteiger partial charge in [0.1, 0.15) is 0 Å².